The van der Waals surface area contributed by atoms with E-state index in [4.69, 9.17) is 29.4 Å². The molecule has 1 aliphatic rings. The summed E-state index contributed by atoms with van der Waals surface area (Å²) in [4.78, 5) is 0.736. The van der Waals surface area contributed by atoms with Gasteiger partial charge in [-0.15, -0.1) is 0 Å². The van der Waals surface area contributed by atoms with Gasteiger partial charge >= 0.3 is 0 Å². The predicted molar refractivity (Wildman–Crippen MR) is 72.7 cm³/mol. The third-order valence-corrected chi connectivity index (χ3v) is 2.96. The summed E-state index contributed by atoms with van der Waals surface area (Å²) in [6.07, 6.45) is 4.60. The Labute approximate surface area is 99.6 Å². The van der Waals surface area contributed by atoms with Crippen molar-refractivity contribution in [2.75, 3.05) is 11.5 Å². The van der Waals surface area contributed by atoms with Gasteiger partial charge in [-0.1, -0.05) is 30.4 Å². The van der Waals surface area contributed by atoms with E-state index in [-0.39, 0.29) is 0 Å². The summed E-state index contributed by atoms with van der Waals surface area (Å²) in [5.74, 6) is 0. The van der Waals surface area contributed by atoms with Gasteiger partial charge in [0.15, 0.2) is 0 Å². The van der Waals surface area contributed by atoms with E-state index in [2.05, 4.69) is 0 Å². The highest BCUT2D eigenvalue weighted by atomic mass is 32.1. The Bertz CT molecular complexity index is 495. The van der Waals surface area contributed by atoms with Crippen molar-refractivity contribution >= 4 is 34.0 Å². The fraction of sp³-hybridized carbons (Fsp3) is 0.0833. The lowest BCUT2D eigenvalue weighted by atomic mass is 9.94. The smallest absolute Gasteiger partial charge is 0.0540 e. The van der Waals surface area contributed by atoms with E-state index >= 15 is 0 Å². The molecule has 0 aliphatic heterocycles. The lowest BCUT2D eigenvalue weighted by Gasteiger charge is -2.16. The predicted octanol–water partition coefficient (Wildman–Crippen LogP) is 1.85. The number of rotatable bonds is 1. The molecule has 1 aliphatic carbocycles. The van der Waals surface area contributed by atoms with Crippen LogP contribution in [0.5, 0.6) is 0 Å². The Balaban J connectivity index is 2.65. The quantitative estimate of drug-likeness (QED) is 0.509. The molecule has 0 unspecified atom stereocenters. The minimum absolute atomic E-state index is 0.599. The third-order valence-electron chi connectivity index (χ3n) is 2.58. The molecule has 0 amide bonds. The lowest BCUT2D eigenvalue weighted by molar-refractivity contribution is 1.37. The van der Waals surface area contributed by atoms with Gasteiger partial charge in [-0.25, -0.2) is 0 Å². The fourth-order valence-electron chi connectivity index (χ4n) is 1.75. The summed E-state index contributed by atoms with van der Waals surface area (Å²) in [7, 11) is 0. The molecule has 0 radical (unpaired) electrons. The molecule has 0 aromatic heterocycles. The molecule has 0 heterocycles. The van der Waals surface area contributed by atoms with Gasteiger partial charge < -0.3 is 17.2 Å². The number of hydrogen-bond acceptors (Lipinski definition) is 4. The molecule has 1 aromatic rings. The van der Waals surface area contributed by atoms with Gasteiger partial charge in [0.2, 0.25) is 0 Å². The van der Waals surface area contributed by atoms with E-state index in [1.807, 2.05) is 18.2 Å². The Morgan fingerprint density at radius 3 is 2.31 bits per heavy atom. The molecule has 4 heteroatoms. The Kier molecular flexibility index (Phi) is 2.66. The first-order valence-electron chi connectivity index (χ1n) is 4.95. The van der Waals surface area contributed by atoms with E-state index in [1.165, 1.54) is 0 Å². The highest BCUT2D eigenvalue weighted by Gasteiger charge is 2.15. The van der Waals surface area contributed by atoms with Crippen molar-refractivity contribution in [1.82, 2.24) is 0 Å². The first kappa shape index (κ1) is 10.7. The maximum absolute atomic E-state index is 5.97. The molecule has 0 spiro atoms. The Morgan fingerprint density at radius 2 is 1.69 bits per heavy atom. The van der Waals surface area contributed by atoms with Gasteiger partial charge in [0.05, 0.1) is 5.70 Å². The molecular formula is C12H13N3S. The van der Waals surface area contributed by atoms with E-state index < -0.39 is 0 Å². The van der Waals surface area contributed by atoms with Gasteiger partial charge in [-0.05, 0) is 12.1 Å². The van der Waals surface area contributed by atoms with E-state index in [0.717, 1.165) is 16.0 Å². The van der Waals surface area contributed by atoms with Crippen LogP contribution >= 0.6 is 12.2 Å². The highest BCUT2D eigenvalue weighted by Crippen LogP contribution is 2.32. The third kappa shape index (κ3) is 1.67. The van der Waals surface area contributed by atoms with Crippen LogP contribution in [0.2, 0.25) is 0 Å². The molecule has 1 aromatic carbocycles. The minimum atomic E-state index is 0.599. The summed E-state index contributed by atoms with van der Waals surface area (Å²) in [5, 5.41) is 0. The zero-order valence-electron chi connectivity index (χ0n) is 8.73. The van der Waals surface area contributed by atoms with Gasteiger partial charge in [-0.3, -0.25) is 0 Å². The number of nitrogen functional groups attached to an aromatic ring is 2. The van der Waals surface area contributed by atoms with Crippen molar-refractivity contribution in [3.8, 4) is 0 Å². The van der Waals surface area contributed by atoms with Crippen LogP contribution in [0.15, 0.2) is 36.0 Å². The number of thiocarbonyl (C=S) groups is 1. The summed E-state index contributed by atoms with van der Waals surface area (Å²) in [6.45, 7) is 0. The van der Waals surface area contributed by atoms with Crippen LogP contribution < -0.4 is 17.2 Å². The number of hydrogen-bond donors (Lipinski definition) is 3. The topological polar surface area (TPSA) is 78.1 Å². The fourth-order valence-corrected chi connectivity index (χ4v) is 1.96. The van der Waals surface area contributed by atoms with Crippen LogP contribution in [0, 0.1) is 0 Å². The average molecular weight is 231 g/mol. The molecule has 0 fully saturated rings. The molecule has 0 saturated carbocycles. The van der Waals surface area contributed by atoms with Crippen LogP contribution in [0.4, 0.5) is 11.4 Å². The lowest BCUT2D eigenvalue weighted by Crippen LogP contribution is -2.15. The summed E-state index contributed by atoms with van der Waals surface area (Å²) in [5.41, 5.74) is 21.2. The van der Waals surface area contributed by atoms with Gasteiger partial charge in [0.25, 0.3) is 0 Å². The van der Waals surface area contributed by atoms with Crippen molar-refractivity contribution < 1.29 is 0 Å². The second kappa shape index (κ2) is 3.98. The maximum Gasteiger partial charge on any atom is 0.0540 e. The second-order valence-electron chi connectivity index (χ2n) is 3.67. The first-order valence-corrected chi connectivity index (χ1v) is 5.36. The van der Waals surface area contributed by atoms with Crippen molar-refractivity contribution in [2.24, 2.45) is 5.73 Å². The van der Waals surface area contributed by atoms with Crippen molar-refractivity contribution in [3.63, 3.8) is 0 Å². The highest BCUT2D eigenvalue weighted by molar-refractivity contribution is 7.80. The Morgan fingerprint density at radius 1 is 1.06 bits per heavy atom. The summed E-state index contributed by atoms with van der Waals surface area (Å²) in [6, 6.07) is 5.42. The largest absolute Gasteiger partial charge is 0.398 e. The van der Waals surface area contributed by atoms with Crippen LogP contribution in [0.25, 0.3) is 5.57 Å². The zero-order valence-corrected chi connectivity index (χ0v) is 9.55. The number of benzene rings is 1. The normalized spacial score (nSPS) is 15.6. The number of allylic oxidation sites excluding steroid dienone is 4. The van der Waals surface area contributed by atoms with E-state index in [9.17, 15) is 0 Å². The summed E-state index contributed by atoms with van der Waals surface area (Å²) >= 11 is 5.18. The van der Waals surface area contributed by atoms with E-state index in [1.54, 1.807) is 12.1 Å². The SMILES string of the molecule is NC1=C(c2c(N)cccc2N)C=CCC1=S. The van der Waals surface area contributed by atoms with Crippen LogP contribution in [-0.2, 0) is 0 Å². The monoisotopic (exact) mass is 231 g/mol. The average Bonchev–Trinajstić information content (AvgIpc) is 2.24. The van der Waals surface area contributed by atoms with Gasteiger partial charge in [0, 0.05) is 33.8 Å². The van der Waals surface area contributed by atoms with Crippen LogP contribution in [0.3, 0.4) is 0 Å². The first-order chi connectivity index (χ1) is 7.61. The van der Waals surface area contributed by atoms with Crippen LogP contribution in [-0.4, -0.2) is 4.86 Å². The summed E-state index contributed by atoms with van der Waals surface area (Å²) < 4.78 is 0. The minimum Gasteiger partial charge on any atom is -0.398 e. The van der Waals surface area contributed by atoms with Gasteiger partial charge in [-0.2, -0.15) is 0 Å². The molecule has 82 valence electrons. The molecule has 0 bridgehead atoms. The molecule has 6 N–H and O–H groups in total. The molecule has 16 heavy (non-hydrogen) atoms. The molecule has 0 atom stereocenters. The number of nitrogens with two attached hydrogens (primary N) is 3. The molecular weight excluding hydrogens is 218 g/mol. The Hall–Kier alpha value is -1.81. The molecule has 2 rings (SSSR count). The van der Waals surface area contributed by atoms with Crippen LogP contribution in [0.1, 0.15) is 12.0 Å². The van der Waals surface area contributed by atoms with Crippen molar-refractivity contribution in [1.29, 1.82) is 0 Å². The molecule has 3 nitrogen and oxygen atoms in total. The number of anilines is 2. The van der Waals surface area contributed by atoms with Gasteiger partial charge in [0.1, 0.15) is 0 Å². The molecule has 0 saturated heterocycles. The second-order valence-corrected chi connectivity index (χ2v) is 4.16. The standard InChI is InChI=1S/C12H13N3S/c13-8-4-2-5-9(14)11(8)7-3-1-6-10(16)12(7)15/h1-5H,6,13-15H2. The van der Waals surface area contributed by atoms with Crippen molar-refractivity contribution in [2.45, 2.75) is 6.42 Å². The maximum atomic E-state index is 5.97. The van der Waals surface area contributed by atoms with E-state index in [0.29, 0.717) is 23.5 Å². The zero-order chi connectivity index (χ0) is 11.7. The van der Waals surface area contributed by atoms with Crippen molar-refractivity contribution in [3.05, 3.63) is 41.6 Å².